The van der Waals surface area contributed by atoms with Gasteiger partial charge < -0.3 is 8.98 Å². The van der Waals surface area contributed by atoms with Crippen molar-refractivity contribution in [1.82, 2.24) is 14.0 Å². The fraction of sp³-hybridized carbons (Fsp3) is 0. The molecule has 0 aliphatic rings. The summed E-state index contributed by atoms with van der Waals surface area (Å²) in [5.41, 5.74) is 8.35. The Morgan fingerprint density at radius 3 is 2.27 bits per heavy atom. The highest BCUT2D eigenvalue weighted by molar-refractivity contribution is 6.11. The van der Waals surface area contributed by atoms with Crippen molar-refractivity contribution in [3.63, 3.8) is 0 Å². The van der Waals surface area contributed by atoms with Crippen LogP contribution in [0.15, 0.2) is 108 Å². The summed E-state index contributed by atoms with van der Waals surface area (Å²) in [6.45, 7) is 0. The number of rotatable bonds is 1. The van der Waals surface area contributed by atoms with Crippen LogP contribution in [0.25, 0.3) is 66.1 Å². The Morgan fingerprint density at radius 1 is 0.576 bits per heavy atom. The van der Waals surface area contributed by atoms with Crippen LogP contribution in [-0.2, 0) is 0 Å². The number of benzene rings is 4. The highest BCUT2D eigenvalue weighted by atomic mass is 16.3. The Morgan fingerprint density at radius 2 is 1.33 bits per heavy atom. The van der Waals surface area contributed by atoms with Crippen LogP contribution >= 0.6 is 0 Å². The van der Waals surface area contributed by atoms with Crippen molar-refractivity contribution >= 4 is 60.4 Å². The normalized spacial score (nSPS) is 12.2. The predicted molar refractivity (Wildman–Crippen MR) is 134 cm³/mol. The molecule has 0 spiro atoms. The second kappa shape index (κ2) is 6.02. The lowest BCUT2D eigenvalue weighted by Crippen LogP contribution is -1.95. The van der Waals surface area contributed by atoms with Gasteiger partial charge in [-0.05, 0) is 48.5 Å². The van der Waals surface area contributed by atoms with Crippen LogP contribution in [0.1, 0.15) is 0 Å². The molecule has 0 bridgehead atoms. The smallest absolute Gasteiger partial charge is 0.138 e. The standard InChI is InChI=1S/C29H17N3O/c1-4-10-24-19(7-1)21-16-29-30-23-9-3-5-11-25(23)31(29)17-26(21)32(24)18-13-14-28-22(15-18)20-8-2-6-12-27(20)33-28/h1-17H. The molecule has 0 atom stereocenters. The molecule has 0 aliphatic carbocycles. The molecule has 4 heteroatoms. The molecule has 4 aromatic carbocycles. The van der Waals surface area contributed by atoms with Crippen molar-refractivity contribution in [1.29, 1.82) is 0 Å². The lowest BCUT2D eigenvalue weighted by atomic mass is 10.1. The summed E-state index contributed by atoms with van der Waals surface area (Å²) in [5.74, 6) is 0. The van der Waals surface area contributed by atoms with E-state index < -0.39 is 0 Å². The van der Waals surface area contributed by atoms with E-state index in [2.05, 4.69) is 94.0 Å². The summed E-state index contributed by atoms with van der Waals surface area (Å²) in [7, 11) is 0. The van der Waals surface area contributed by atoms with Crippen LogP contribution in [0.4, 0.5) is 0 Å². The van der Waals surface area contributed by atoms with E-state index >= 15 is 0 Å². The van der Waals surface area contributed by atoms with Crippen molar-refractivity contribution in [2.75, 3.05) is 0 Å². The number of para-hydroxylation sites is 4. The van der Waals surface area contributed by atoms with Gasteiger partial charge in [-0.2, -0.15) is 0 Å². The van der Waals surface area contributed by atoms with E-state index in [1.807, 2.05) is 18.2 Å². The lowest BCUT2D eigenvalue weighted by Gasteiger charge is -2.08. The topological polar surface area (TPSA) is 35.4 Å². The molecule has 4 heterocycles. The molecule has 4 aromatic heterocycles. The van der Waals surface area contributed by atoms with Crippen LogP contribution in [0, 0.1) is 0 Å². The maximum absolute atomic E-state index is 6.07. The molecule has 154 valence electrons. The summed E-state index contributed by atoms with van der Waals surface area (Å²) in [4.78, 5) is 4.86. The van der Waals surface area contributed by atoms with E-state index in [-0.39, 0.29) is 0 Å². The van der Waals surface area contributed by atoms with Crippen LogP contribution in [-0.4, -0.2) is 14.0 Å². The van der Waals surface area contributed by atoms with Gasteiger partial charge in [0.1, 0.15) is 16.8 Å². The molecule has 8 aromatic rings. The van der Waals surface area contributed by atoms with Crippen molar-refractivity contribution in [3.8, 4) is 5.69 Å². The first-order chi connectivity index (χ1) is 16.3. The van der Waals surface area contributed by atoms with Gasteiger partial charge in [0.25, 0.3) is 0 Å². The van der Waals surface area contributed by atoms with Gasteiger partial charge in [0.2, 0.25) is 0 Å². The minimum atomic E-state index is 0.906. The molecule has 0 aliphatic heterocycles. The highest BCUT2D eigenvalue weighted by Gasteiger charge is 2.16. The van der Waals surface area contributed by atoms with Crippen molar-refractivity contribution in [3.05, 3.63) is 103 Å². The molecule has 33 heavy (non-hydrogen) atoms. The Labute approximate surface area is 187 Å². The highest BCUT2D eigenvalue weighted by Crippen LogP contribution is 2.36. The zero-order valence-electron chi connectivity index (χ0n) is 17.6. The van der Waals surface area contributed by atoms with Crippen molar-refractivity contribution < 1.29 is 4.42 Å². The summed E-state index contributed by atoms with van der Waals surface area (Å²) in [6.07, 6.45) is 2.22. The van der Waals surface area contributed by atoms with E-state index in [4.69, 9.17) is 9.40 Å². The van der Waals surface area contributed by atoms with Gasteiger partial charge in [0, 0.05) is 33.4 Å². The van der Waals surface area contributed by atoms with Gasteiger partial charge in [0.15, 0.2) is 0 Å². The number of pyridine rings is 1. The summed E-state index contributed by atoms with van der Waals surface area (Å²) >= 11 is 0. The Balaban J connectivity index is 1.53. The van der Waals surface area contributed by atoms with Crippen LogP contribution in [0.3, 0.4) is 0 Å². The monoisotopic (exact) mass is 423 g/mol. The lowest BCUT2D eigenvalue weighted by molar-refractivity contribution is 0.669. The average molecular weight is 423 g/mol. The average Bonchev–Trinajstić information content (AvgIpc) is 3.51. The van der Waals surface area contributed by atoms with Gasteiger partial charge in [-0.15, -0.1) is 0 Å². The number of hydrogen-bond donors (Lipinski definition) is 0. The van der Waals surface area contributed by atoms with Crippen LogP contribution in [0.5, 0.6) is 0 Å². The van der Waals surface area contributed by atoms with E-state index in [0.717, 1.165) is 49.8 Å². The number of aromatic nitrogens is 3. The van der Waals surface area contributed by atoms with E-state index in [1.54, 1.807) is 0 Å². The third-order valence-corrected chi connectivity index (χ3v) is 6.72. The molecular formula is C29H17N3O. The van der Waals surface area contributed by atoms with Gasteiger partial charge in [-0.3, -0.25) is 4.40 Å². The predicted octanol–water partition coefficient (Wildman–Crippen LogP) is 7.48. The van der Waals surface area contributed by atoms with Gasteiger partial charge >= 0.3 is 0 Å². The van der Waals surface area contributed by atoms with Gasteiger partial charge in [0.05, 0.1) is 22.1 Å². The fourth-order valence-electron chi connectivity index (χ4n) is 5.25. The molecule has 0 radical (unpaired) electrons. The number of fused-ring (bicyclic) bond motifs is 9. The second-order valence-corrected chi connectivity index (χ2v) is 8.53. The molecule has 0 saturated carbocycles. The summed E-state index contributed by atoms with van der Waals surface area (Å²) in [6, 6.07) is 33.8. The minimum Gasteiger partial charge on any atom is -0.456 e. The maximum Gasteiger partial charge on any atom is 0.138 e. The molecule has 0 unspecified atom stereocenters. The maximum atomic E-state index is 6.07. The molecular weight excluding hydrogens is 406 g/mol. The van der Waals surface area contributed by atoms with Crippen molar-refractivity contribution in [2.45, 2.75) is 0 Å². The van der Waals surface area contributed by atoms with Gasteiger partial charge in [-0.1, -0.05) is 48.5 Å². The molecule has 0 N–H and O–H groups in total. The van der Waals surface area contributed by atoms with Crippen LogP contribution < -0.4 is 0 Å². The number of nitrogens with zero attached hydrogens (tertiary/aromatic N) is 3. The number of furan rings is 1. The molecule has 4 nitrogen and oxygen atoms in total. The number of imidazole rings is 1. The van der Waals surface area contributed by atoms with E-state index in [1.165, 1.54) is 16.3 Å². The fourth-order valence-corrected chi connectivity index (χ4v) is 5.25. The SMILES string of the molecule is c1ccc2c(c1)nc1cc3c4ccccc4n(-c4ccc5oc6ccccc6c5c4)c3cn12. The quantitative estimate of drug-likeness (QED) is 0.274. The second-order valence-electron chi connectivity index (χ2n) is 8.53. The summed E-state index contributed by atoms with van der Waals surface area (Å²) < 4.78 is 10.6. The van der Waals surface area contributed by atoms with E-state index in [0.29, 0.717) is 0 Å². The molecule has 0 fully saturated rings. The molecule has 8 rings (SSSR count). The number of hydrogen-bond acceptors (Lipinski definition) is 2. The Kier molecular flexibility index (Phi) is 3.11. The largest absolute Gasteiger partial charge is 0.456 e. The third kappa shape index (κ3) is 2.22. The van der Waals surface area contributed by atoms with Crippen molar-refractivity contribution in [2.24, 2.45) is 0 Å². The zero-order valence-corrected chi connectivity index (χ0v) is 17.6. The third-order valence-electron chi connectivity index (χ3n) is 6.72. The van der Waals surface area contributed by atoms with Gasteiger partial charge in [-0.25, -0.2) is 4.98 Å². The minimum absolute atomic E-state index is 0.906. The van der Waals surface area contributed by atoms with E-state index in [9.17, 15) is 0 Å². The molecule has 0 amide bonds. The molecule has 0 saturated heterocycles. The Bertz CT molecular complexity index is 2040. The van der Waals surface area contributed by atoms with Crippen LogP contribution in [0.2, 0.25) is 0 Å². The first kappa shape index (κ1) is 17.0. The zero-order chi connectivity index (χ0) is 21.5. The Hall–Kier alpha value is -4.57. The summed E-state index contributed by atoms with van der Waals surface area (Å²) in [5, 5.41) is 4.69. The first-order valence-electron chi connectivity index (χ1n) is 11.1. The first-order valence-corrected chi connectivity index (χ1v) is 11.1.